The Bertz CT molecular complexity index is 552. The van der Waals surface area contributed by atoms with Crippen LogP contribution in [-0.4, -0.2) is 12.9 Å². The number of rotatable bonds is 10. The summed E-state index contributed by atoms with van der Waals surface area (Å²) in [5.74, 6) is 2.97. The Kier molecular flexibility index (Phi) is 9.34. The van der Waals surface area contributed by atoms with Gasteiger partial charge in [0.2, 0.25) is 0 Å². The minimum atomic E-state index is -0.140. The summed E-state index contributed by atoms with van der Waals surface area (Å²) in [6, 6.07) is 8.71. The van der Waals surface area contributed by atoms with Crippen molar-refractivity contribution in [2.75, 3.05) is 6.61 Å². The molecule has 160 valence electrons. The summed E-state index contributed by atoms with van der Waals surface area (Å²) in [6.45, 7) is 14.6. The van der Waals surface area contributed by atoms with E-state index in [-0.39, 0.29) is 6.29 Å². The number of ether oxygens (including phenoxy) is 2. The molecule has 1 saturated carbocycles. The molecule has 1 aliphatic rings. The van der Waals surface area contributed by atoms with Gasteiger partial charge in [-0.1, -0.05) is 85.8 Å². The van der Waals surface area contributed by atoms with Crippen LogP contribution in [0, 0.1) is 17.3 Å². The van der Waals surface area contributed by atoms with Crippen LogP contribution < -0.4 is 4.74 Å². The van der Waals surface area contributed by atoms with Gasteiger partial charge in [0, 0.05) is 6.42 Å². The van der Waals surface area contributed by atoms with Crippen LogP contribution in [0.15, 0.2) is 24.3 Å². The summed E-state index contributed by atoms with van der Waals surface area (Å²) >= 11 is 0. The molecule has 2 rings (SSSR count). The molecule has 0 spiro atoms. The van der Waals surface area contributed by atoms with Crippen LogP contribution in [0.1, 0.15) is 104 Å². The molecule has 0 saturated heterocycles. The molecule has 1 fully saturated rings. The zero-order valence-electron chi connectivity index (χ0n) is 19.3. The van der Waals surface area contributed by atoms with Crippen molar-refractivity contribution in [1.82, 2.24) is 0 Å². The van der Waals surface area contributed by atoms with E-state index in [9.17, 15) is 0 Å². The average Bonchev–Trinajstić information content (AvgIpc) is 2.65. The quantitative estimate of drug-likeness (QED) is 0.378. The zero-order chi connectivity index (χ0) is 20.6. The summed E-state index contributed by atoms with van der Waals surface area (Å²) in [7, 11) is 0. The van der Waals surface area contributed by atoms with E-state index < -0.39 is 0 Å². The van der Waals surface area contributed by atoms with Gasteiger partial charge in [-0.2, -0.15) is 0 Å². The topological polar surface area (TPSA) is 18.5 Å². The van der Waals surface area contributed by atoms with Gasteiger partial charge in [0.15, 0.2) is 6.29 Å². The first kappa shape index (κ1) is 23.3. The normalized spacial score (nSPS) is 18.2. The summed E-state index contributed by atoms with van der Waals surface area (Å²) in [5, 5.41) is 0. The number of hydrogen-bond acceptors (Lipinski definition) is 2. The van der Waals surface area contributed by atoms with Crippen LogP contribution in [0.2, 0.25) is 0 Å². The lowest BCUT2D eigenvalue weighted by molar-refractivity contribution is -0.0856. The van der Waals surface area contributed by atoms with Crippen LogP contribution in [0.4, 0.5) is 0 Å². The van der Waals surface area contributed by atoms with Gasteiger partial charge in [-0.05, 0) is 53.7 Å². The molecule has 28 heavy (non-hydrogen) atoms. The standard InChI is InChI=1S/C26H44O2/c1-7-25(27-17-16-21-12-9-8-10-13-21)28-23-15-11-14-22(18-23)24(20(2)3)19-26(4,5)6/h11,14-15,18,20-21,24-25H,7-10,12-13,16-17,19H2,1-6H3. The van der Waals surface area contributed by atoms with Crippen LogP contribution in [0.3, 0.4) is 0 Å². The van der Waals surface area contributed by atoms with Crippen molar-refractivity contribution in [1.29, 1.82) is 0 Å². The molecule has 0 bridgehead atoms. The van der Waals surface area contributed by atoms with Gasteiger partial charge in [0.25, 0.3) is 0 Å². The van der Waals surface area contributed by atoms with Crippen LogP contribution in [0.5, 0.6) is 5.75 Å². The first-order valence-corrected chi connectivity index (χ1v) is 11.7. The summed E-state index contributed by atoms with van der Waals surface area (Å²) in [5.41, 5.74) is 1.71. The minimum Gasteiger partial charge on any atom is -0.465 e. The Morgan fingerprint density at radius 3 is 2.39 bits per heavy atom. The fourth-order valence-electron chi connectivity index (χ4n) is 4.45. The van der Waals surface area contributed by atoms with Crippen LogP contribution in [-0.2, 0) is 4.74 Å². The van der Waals surface area contributed by atoms with Crippen molar-refractivity contribution in [3.05, 3.63) is 29.8 Å². The largest absolute Gasteiger partial charge is 0.465 e. The van der Waals surface area contributed by atoms with E-state index in [1.54, 1.807) is 0 Å². The highest BCUT2D eigenvalue weighted by Gasteiger charge is 2.23. The van der Waals surface area contributed by atoms with Gasteiger partial charge in [0.1, 0.15) is 5.75 Å². The molecule has 0 aromatic heterocycles. The molecule has 0 amide bonds. The molecule has 2 heteroatoms. The maximum absolute atomic E-state index is 6.23. The Labute approximate surface area is 174 Å². The summed E-state index contributed by atoms with van der Waals surface area (Å²) in [4.78, 5) is 0. The van der Waals surface area contributed by atoms with Gasteiger partial charge in [-0.15, -0.1) is 0 Å². The van der Waals surface area contributed by atoms with Crippen LogP contribution >= 0.6 is 0 Å². The first-order chi connectivity index (χ1) is 13.3. The molecule has 2 atom stereocenters. The summed E-state index contributed by atoms with van der Waals surface area (Å²) < 4.78 is 12.3. The van der Waals surface area contributed by atoms with Gasteiger partial charge >= 0.3 is 0 Å². The van der Waals surface area contributed by atoms with E-state index in [4.69, 9.17) is 9.47 Å². The number of hydrogen-bond donors (Lipinski definition) is 0. The lowest BCUT2D eigenvalue weighted by atomic mass is 9.76. The molecular formula is C26H44O2. The predicted molar refractivity (Wildman–Crippen MR) is 120 cm³/mol. The molecule has 2 unspecified atom stereocenters. The maximum atomic E-state index is 6.23. The highest BCUT2D eigenvalue weighted by molar-refractivity contribution is 5.31. The maximum Gasteiger partial charge on any atom is 0.199 e. The molecule has 0 N–H and O–H groups in total. The fourth-order valence-corrected chi connectivity index (χ4v) is 4.45. The van der Waals surface area contributed by atoms with Crippen molar-refractivity contribution in [2.45, 2.75) is 105 Å². The highest BCUT2D eigenvalue weighted by Crippen LogP contribution is 2.37. The Hall–Kier alpha value is -1.02. The monoisotopic (exact) mass is 388 g/mol. The zero-order valence-corrected chi connectivity index (χ0v) is 19.3. The van der Waals surface area contributed by atoms with Gasteiger partial charge in [0.05, 0.1) is 6.61 Å². The third kappa shape index (κ3) is 8.15. The average molecular weight is 389 g/mol. The van der Waals surface area contributed by atoms with Crippen molar-refractivity contribution in [2.24, 2.45) is 17.3 Å². The Morgan fingerprint density at radius 1 is 1.07 bits per heavy atom. The highest BCUT2D eigenvalue weighted by atomic mass is 16.7. The molecule has 0 radical (unpaired) electrons. The molecule has 1 aromatic carbocycles. The van der Waals surface area contributed by atoms with E-state index in [1.807, 2.05) is 0 Å². The lowest BCUT2D eigenvalue weighted by Gasteiger charge is -2.29. The van der Waals surface area contributed by atoms with Crippen LogP contribution in [0.25, 0.3) is 0 Å². The predicted octanol–water partition coefficient (Wildman–Crippen LogP) is 7.96. The van der Waals surface area contributed by atoms with Crippen molar-refractivity contribution in [3.8, 4) is 5.75 Å². The number of benzene rings is 1. The molecule has 2 nitrogen and oxygen atoms in total. The second-order valence-corrected chi connectivity index (χ2v) is 10.3. The third-order valence-corrected chi connectivity index (χ3v) is 6.08. The molecule has 0 heterocycles. The van der Waals surface area contributed by atoms with Crippen molar-refractivity contribution < 1.29 is 9.47 Å². The van der Waals surface area contributed by atoms with E-state index >= 15 is 0 Å². The Morgan fingerprint density at radius 2 is 1.79 bits per heavy atom. The SMILES string of the molecule is CCC(OCCC1CCCCC1)Oc1cccc(C(CC(C)(C)C)C(C)C)c1. The van der Waals surface area contributed by atoms with Gasteiger partial charge < -0.3 is 9.47 Å². The first-order valence-electron chi connectivity index (χ1n) is 11.7. The Balaban J connectivity index is 1.93. The second kappa shape index (κ2) is 11.2. The fraction of sp³-hybridized carbons (Fsp3) is 0.769. The van der Waals surface area contributed by atoms with Gasteiger partial charge in [-0.3, -0.25) is 0 Å². The van der Waals surface area contributed by atoms with Crippen molar-refractivity contribution >= 4 is 0 Å². The second-order valence-electron chi connectivity index (χ2n) is 10.3. The minimum absolute atomic E-state index is 0.140. The smallest absolute Gasteiger partial charge is 0.199 e. The van der Waals surface area contributed by atoms with Crippen molar-refractivity contribution in [3.63, 3.8) is 0 Å². The molecule has 1 aromatic rings. The van der Waals surface area contributed by atoms with Gasteiger partial charge in [-0.25, -0.2) is 0 Å². The van der Waals surface area contributed by atoms with E-state index in [0.717, 1.165) is 24.7 Å². The van der Waals surface area contributed by atoms with E-state index in [0.29, 0.717) is 17.3 Å². The lowest BCUT2D eigenvalue weighted by Crippen LogP contribution is -2.22. The summed E-state index contributed by atoms with van der Waals surface area (Å²) in [6.07, 6.45) is 10.1. The van der Waals surface area contributed by atoms with E-state index in [1.165, 1.54) is 50.5 Å². The van der Waals surface area contributed by atoms with E-state index in [2.05, 4.69) is 65.8 Å². The third-order valence-electron chi connectivity index (χ3n) is 6.08. The molecular weight excluding hydrogens is 344 g/mol. The molecule has 0 aliphatic heterocycles. The molecule has 1 aliphatic carbocycles.